The molecule has 0 amide bonds. The van der Waals surface area contributed by atoms with Crippen molar-refractivity contribution in [1.82, 2.24) is 0 Å². The second kappa shape index (κ2) is 0.296. The van der Waals surface area contributed by atoms with E-state index >= 15 is 0 Å². The third kappa shape index (κ3) is 0.0822. The Labute approximate surface area is 31.5 Å². The minimum Gasteiger partial charge on any atom is -0.0766 e. The standard InChI is InChI=1S/C5H6/c1-3-4-2-5(3)4/h2-4H,1H3. The summed E-state index contributed by atoms with van der Waals surface area (Å²) in [5.74, 6) is 2.02. The Hall–Kier alpha value is -0.260. The van der Waals surface area contributed by atoms with Gasteiger partial charge in [-0.15, -0.1) is 0 Å². The Bertz CT molecular complexity index is 101. The zero-order valence-corrected chi connectivity index (χ0v) is 3.23. The highest BCUT2D eigenvalue weighted by Crippen LogP contribution is 2.59. The first-order valence-corrected chi connectivity index (χ1v) is 2.11. The van der Waals surface area contributed by atoms with E-state index in [4.69, 9.17) is 0 Å². The molecule has 2 rings (SSSR count). The van der Waals surface area contributed by atoms with E-state index < -0.39 is 0 Å². The molecule has 2 atom stereocenters. The lowest BCUT2D eigenvalue weighted by molar-refractivity contribution is 0.887. The largest absolute Gasteiger partial charge is 0.0766 e. The Morgan fingerprint density at radius 2 is 2.20 bits per heavy atom. The summed E-state index contributed by atoms with van der Waals surface area (Å²) in [4.78, 5) is 0. The van der Waals surface area contributed by atoms with Gasteiger partial charge in [0, 0.05) is 5.92 Å². The lowest BCUT2D eigenvalue weighted by Crippen LogP contribution is -1.64. The zero-order valence-electron chi connectivity index (χ0n) is 3.23. The highest BCUT2D eigenvalue weighted by atomic mass is 14.5. The van der Waals surface area contributed by atoms with Gasteiger partial charge in [-0.2, -0.15) is 0 Å². The summed E-state index contributed by atoms with van der Waals surface area (Å²) in [5.41, 5.74) is 1.71. The molecule has 0 aliphatic heterocycles. The molecule has 26 valence electrons. The van der Waals surface area contributed by atoms with Crippen LogP contribution in [0.15, 0.2) is 11.6 Å². The van der Waals surface area contributed by atoms with Gasteiger partial charge in [0.05, 0.1) is 0 Å². The molecule has 1 fully saturated rings. The fraction of sp³-hybridized carbons (Fsp3) is 0.600. The molecule has 0 saturated heterocycles. The average Bonchev–Trinajstić information content (AvgIpc) is 2.11. The number of hydrogen-bond donors (Lipinski definition) is 0. The maximum atomic E-state index is 2.32. The van der Waals surface area contributed by atoms with Gasteiger partial charge in [-0.3, -0.25) is 0 Å². The van der Waals surface area contributed by atoms with Crippen LogP contribution in [0.1, 0.15) is 6.92 Å². The van der Waals surface area contributed by atoms with Gasteiger partial charge in [-0.25, -0.2) is 0 Å². The summed E-state index contributed by atoms with van der Waals surface area (Å²) in [6.07, 6.45) is 2.32. The molecule has 0 aromatic carbocycles. The summed E-state index contributed by atoms with van der Waals surface area (Å²) in [6.45, 7) is 2.28. The second-order valence-corrected chi connectivity index (χ2v) is 1.98. The average molecular weight is 66.1 g/mol. The molecule has 0 bridgehead atoms. The van der Waals surface area contributed by atoms with Crippen molar-refractivity contribution in [3.8, 4) is 0 Å². The van der Waals surface area contributed by atoms with Gasteiger partial charge in [0.25, 0.3) is 0 Å². The third-order valence-electron chi connectivity index (χ3n) is 1.60. The van der Waals surface area contributed by atoms with Crippen LogP contribution >= 0.6 is 0 Å². The molecular weight excluding hydrogens is 60.1 g/mol. The molecule has 2 unspecified atom stereocenters. The minimum absolute atomic E-state index is 1.01. The molecule has 0 aromatic rings. The van der Waals surface area contributed by atoms with Crippen LogP contribution in [0.5, 0.6) is 0 Å². The first-order valence-electron chi connectivity index (χ1n) is 2.11. The predicted octanol–water partition coefficient (Wildman–Crippen LogP) is 1.19. The summed E-state index contributed by atoms with van der Waals surface area (Å²) in [6, 6.07) is 0. The fourth-order valence-electron chi connectivity index (χ4n) is 0.785. The summed E-state index contributed by atoms with van der Waals surface area (Å²) in [7, 11) is 0. The number of hydrogen-bond acceptors (Lipinski definition) is 0. The van der Waals surface area contributed by atoms with Crippen LogP contribution in [0.3, 0.4) is 0 Å². The molecule has 2 aliphatic rings. The number of allylic oxidation sites excluding steroid dienone is 2. The molecule has 0 heterocycles. The highest BCUT2D eigenvalue weighted by molar-refractivity contribution is 5.49. The first kappa shape index (κ1) is 2.01. The highest BCUT2D eigenvalue weighted by Gasteiger charge is 2.49. The molecule has 0 nitrogen and oxygen atoms in total. The Morgan fingerprint density at radius 3 is 2.20 bits per heavy atom. The van der Waals surface area contributed by atoms with Crippen molar-refractivity contribution >= 4 is 0 Å². The van der Waals surface area contributed by atoms with Gasteiger partial charge >= 0.3 is 0 Å². The third-order valence-corrected chi connectivity index (χ3v) is 1.60. The van der Waals surface area contributed by atoms with Gasteiger partial charge in [0.15, 0.2) is 0 Å². The quantitative estimate of drug-likeness (QED) is 0.372. The molecular formula is C5H6. The molecule has 0 radical (unpaired) electrons. The van der Waals surface area contributed by atoms with Gasteiger partial charge in [0.1, 0.15) is 0 Å². The Morgan fingerprint density at radius 1 is 1.80 bits per heavy atom. The normalized spacial score (nSPS) is 54.2. The molecule has 1 saturated carbocycles. The Balaban J connectivity index is 2.42. The molecule has 0 heteroatoms. The summed E-state index contributed by atoms with van der Waals surface area (Å²) < 4.78 is 0. The molecule has 0 aromatic heterocycles. The van der Waals surface area contributed by atoms with E-state index in [-0.39, 0.29) is 0 Å². The van der Waals surface area contributed by atoms with E-state index in [1.807, 2.05) is 0 Å². The minimum atomic E-state index is 1.01. The molecule has 0 N–H and O–H groups in total. The van der Waals surface area contributed by atoms with E-state index in [2.05, 4.69) is 13.0 Å². The summed E-state index contributed by atoms with van der Waals surface area (Å²) >= 11 is 0. The van der Waals surface area contributed by atoms with Crippen LogP contribution in [-0.2, 0) is 0 Å². The molecule has 5 heavy (non-hydrogen) atoms. The smallest absolute Gasteiger partial charge is 0.00460 e. The van der Waals surface area contributed by atoms with Crippen molar-refractivity contribution in [3.05, 3.63) is 11.6 Å². The van der Waals surface area contributed by atoms with Gasteiger partial charge in [0.2, 0.25) is 0 Å². The summed E-state index contributed by atoms with van der Waals surface area (Å²) in [5, 5.41) is 0. The molecule has 0 spiro atoms. The van der Waals surface area contributed by atoms with Crippen molar-refractivity contribution in [1.29, 1.82) is 0 Å². The topological polar surface area (TPSA) is 0 Å². The fourth-order valence-corrected chi connectivity index (χ4v) is 0.785. The van der Waals surface area contributed by atoms with Crippen LogP contribution in [0.25, 0.3) is 0 Å². The second-order valence-electron chi connectivity index (χ2n) is 1.98. The van der Waals surface area contributed by atoms with Crippen LogP contribution in [0.2, 0.25) is 0 Å². The lowest BCUT2D eigenvalue weighted by Gasteiger charge is -1.73. The van der Waals surface area contributed by atoms with Gasteiger partial charge in [-0.05, 0) is 5.92 Å². The lowest BCUT2D eigenvalue weighted by atomic mass is 10.3. The van der Waals surface area contributed by atoms with E-state index in [1.54, 1.807) is 5.57 Å². The SMILES string of the molecule is CC1C2=CC21. The van der Waals surface area contributed by atoms with Gasteiger partial charge < -0.3 is 0 Å². The predicted molar refractivity (Wildman–Crippen MR) is 20.7 cm³/mol. The van der Waals surface area contributed by atoms with Crippen LogP contribution < -0.4 is 0 Å². The zero-order chi connectivity index (χ0) is 3.44. The van der Waals surface area contributed by atoms with E-state index in [9.17, 15) is 0 Å². The maximum Gasteiger partial charge on any atom is 0.00460 e. The van der Waals surface area contributed by atoms with Crippen molar-refractivity contribution in [2.24, 2.45) is 11.8 Å². The maximum absolute atomic E-state index is 2.32. The molecule has 2 aliphatic carbocycles. The Kier molecular flexibility index (Phi) is 0.119. The van der Waals surface area contributed by atoms with Crippen molar-refractivity contribution < 1.29 is 0 Å². The van der Waals surface area contributed by atoms with E-state index in [0.717, 1.165) is 11.8 Å². The number of fused-ring (bicyclic) bond motifs is 1. The van der Waals surface area contributed by atoms with Gasteiger partial charge in [-0.1, -0.05) is 18.6 Å². The monoisotopic (exact) mass is 66.0 g/mol. The van der Waals surface area contributed by atoms with Crippen molar-refractivity contribution in [2.75, 3.05) is 0 Å². The van der Waals surface area contributed by atoms with Crippen LogP contribution in [0, 0.1) is 11.8 Å². The van der Waals surface area contributed by atoms with E-state index in [0.29, 0.717) is 0 Å². The van der Waals surface area contributed by atoms with E-state index in [1.165, 1.54) is 0 Å². The first-order chi connectivity index (χ1) is 2.39. The van der Waals surface area contributed by atoms with Crippen LogP contribution in [0.4, 0.5) is 0 Å². The van der Waals surface area contributed by atoms with Crippen molar-refractivity contribution in [3.63, 3.8) is 0 Å². The van der Waals surface area contributed by atoms with Crippen LogP contribution in [-0.4, -0.2) is 0 Å². The number of rotatable bonds is 0. The van der Waals surface area contributed by atoms with Crippen molar-refractivity contribution in [2.45, 2.75) is 6.92 Å².